The third kappa shape index (κ3) is 4.48. The van der Waals surface area contributed by atoms with Crippen LogP contribution in [-0.4, -0.2) is 58.7 Å². The van der Waals surface area contributed by atoms with Gasteiger partial charge in [-0.1, -0.05) is 11.6 Å². The van der Waals surface area contributed by atoms with Crippen molar-refractivity contribution >= 4 is 34.8 Å². The number of likely N-dealkylation sites (tertiary alicyclic amines) is 1. The molecule has 2 aliphatic heterocycles. The molecule has 1 aromatic heterocycles. The largest absolute Gasteiger partial charge is 0.381 e. The van der Waals surface area contributed by atoms with E-state index < -0.39 is 29.9 Å². The van der Waals surface area contributed by atoms with Crippen LogP contribution < -0.4 is 16.0 Å². The maximum Gasteiger partial charge on any atom is 0.245 e. The number of amides is 1. The van der Waals surface area contributed by atoms with E-state index in [2.05, 4.69) is 15.3 Å². The molecule has 2 fully saturated rings. The number of rotatable bonds is 4. The number of piperidine rings is 2. The van der Waals surface area contributed by atoms with E-state index in [9.17, 15) is 18.0 Å². The van der Waals surface area contributed by atoms with Crippen molar-refractivity contribution in [1.29, 1.82) is 0 Å². The standard InChI is InChI=1S/C20H22ClF3N6O/c21-11-6-12(22)8-13(7-11)28-15-2-1-4-30(20(15)31)16-9-29(5-3-14(16)23)19-17(24)18(25)26-10-27-19/h6-8,10,14-16,28H,1-5,9H2,(H2,25,26,27)/t14?,15?,16-/m0/s1. The summed E-state index contributed by atoms with van der Waals surface area (Å²) in [4.78, 5) is 23.8. The number of alkyl halides is 1. The molecule has 4 rings (SSSR count). The minimum absolute atomic E-state index is 0.00191. The second-order valence-electron chi connectivity index (χ2n) is 7.74. The topological polar surface area (TPSA) is 87.4 Å². The van der Waals surface area contributed by atoms with Crippen LogP contribution >= 0.6 is 11.6 Å². The van der Waals surface area contributed by atoms with Gasteiger partial charge in [-0.25, -0.2) is 18.7 Å². The number of carbonyl (C=O) groups is 1. The summed E-state index contributed by atoms with van der Waals surface area (Å²) >= 11 is 5.89. The molecule has 1 amide bonds. The molecule has 2 saturated heterocycles. The van der Waals surface area contributed by atoms with Gasteiger partial charge in [-0.05, 0) is 37.5 Å². The Hall–Kier alpha value is -2.75. The number of benzene rings is 1. The van der Waals surface area contributed by atoms with Crippen molar-refractivity contribution in [2.45, 2.75) is 37.5 Å². The monoisotopic (exact) mass is 454 g/mol. The molecule has 0 radical (unpaired) electrons. The molecule has 2 aliphatic rings. The molecule has 3 N–H and O–H groups in total. The summed E-state index contributed by atoms with van der Waals surface area (Å²) in [6, 6.07) is 2.55. The summed E-state index contributed by atoms with van der Waals surface area (Å²) in [6.07, 6.45) is 1.18. The van der Waals surface area contributed by atoms with E-state index in [0.29, 0.717) is 25.1 Å². The lowest BCUT2D eigenvalue weighted by Crippen LogP contribution is -2.60. The van der Waals surface area contributed by atoms with Gasteiger partial charge in [-0.3, -0.25) is 4.79 Å². The minimum Gasteiger partial charge on any atom is -0.381 e. The van der Waals surface area contributed by atoms with Gasteiger partial charge in [0.25, 0.3) is 0 Å². The van der Waals surface area contributed by atoms with Gasteiger partial charge >= 0.3 is 0 Å². The minimum atomic E-state index is -1.26. The summed E-state index contributed by atoms with van der Waals surface area (Å²) in [7, 11) is 0. The highest BCUT2D eigenvalue weighted by Crippen LogP contribution is 2.29. The molecular formula is C20H22ClF3N6O. The lowest BCUT2D eigenvalue weighted by molar-refractivity contribution is -0.138. The zero-order valence-electron chi connectivity index (χ0n) is 16.6. The Kier molecular flexibility index (Phi) is 6.08. The van der Waals surface area contributed by atoms with Crippen LogP contribution in [0.5, 0.6) is 0 Å². The van der Waals surface area contributed by atoms with Crippen LogP contribution in [0.1, 0.15) is 19.3 Å². The number of nitrogens with zero attached hydrogens (tertiary/aromatic N) is 4. The van der Waals surface area contributed by atoms with Gasteiger partial charge in [-0.2, -0.15) is 4.39 Å². The van der Waals surface area contributed by atoms with Crippen LogP contribution in [0.3, 0.4) is 0 Å². The predicted molar refractivity (Wildman–Crippen MR) is 112 cm³/mol. The van der Waals surface area contributed by atoms with Crippen molar-refractivity contribution in [2.24, 2.45) is 0 Å². The third-order valence-corrected chi connectivity index (χ3v) is 5.89. The number of nitrogen functional groups attached to an aromatic ring is 1. The second kappa shape index (κ2) is 8.78. The number of nitrogens with two attached hydrogens (primary N) is 1. The van der Waals surface area contributed by atoms with E-state index in [4.69, 9.17) is 17.3 Å². The maximum absolute atomic E-state index is 14.9. The van der Waals surface area contributed by atoms with E-state index in [1.165, 1.54) is 23.1 Å². The molecular weight excluding hydrogens is 433 g/mol. The first-order valence-electron chi connectivity index (χ1n) is 10.0. The number of nitrogens with one attached hydrogen (secondary N) is 1. The molecule has 2 unspecified atom stereocenters. The molecule has 0 aliphatic carbocycles. The highest BCUT2D eigenvalue weighted by atomic mass is 35.5. The fourth-order valence-corrected chi connectivity index (χ4v) is 4.41. The zero-order chi connectivity index (χ0) is 22.1. The van der Waals surface area contributed by atoms with Crippen LogP contribution in [0.25, 0.3) is 0 Å². The molecule has 3 atom stereocenters. The molecule has 1 aromatic carbocycles. The normalized spacial score (nSPS) is 24.4. The fourth-order valence-electron chi connectivity index (χ4n) is 4.18. The third-order valence-electron chi connectivity index (χ3n) is 5.67. The molecule has 7 nitrogen and oxygen atoms in total. The zero-order valence-corrected chi connectivity index (χ0v) is 17.3. The average molecular weight is 455 g/mol. The van der Waals surface area contributed by atoms with Crippen LogP contribution in [0.15, 0.2) is 24.5 Å². The first-order chi connectivity index (χ1) is 14.8. The van der Waals surface area contributed by atoms with Crippen molar-refractivity contribution in [3.05, 3.63) is 41.2 Å². The molecule has 0 saturated carbocycles. The van der Waals surface area contributed by atoms with E-state index in [0.717, 1.165) is 6.33 Å². The Morgan fingerprint density at radius 3 is 2.74 bits per heavy atom. The quantitative estimate of drug-likeness (QED) is 0.738. The Bertz CT molecular complexity index is 960. The van der Waals surface area contributed by atoms with Crippen molar-refractivity contribution in [1.82, 2.24) is 14.9 Å². The lowest BCUT2D eigenvalue weighted by atomic mass is 9.96. The molecule has 0 spiro atoms. The van der Waals surface area contributed by atoms with E-state index in [1.54, 1.807) is 4.90 Å². The summed E-state index contributed by atoms with van der Waals surface area (Å²) in [6.45, 7) is 0.712. The Balaban J connectivity index is 1.51. The van der Waals surface area contributed by atoms with Gasteiger partial charge in [0.2, 0.25) is 11.7 Å². The molecule has 2 aromatic rings. The van der Waals surface area contributed by atoms with Crippen LogP contribution in [-0.2, 0) is 4.79 Å². The number of halogens is 4. The second-order valence-corrected chi connectivity index (χ2v) is 8.18. The first-order valence-corrected chi connectivity index (χ1v) is 10.4. The van der Waals surface area contributed by atoms with E-state index in [1.807, 2.05) is 0 Å². The number of hydrogen-bond acceptors (Lipinski definition) is 6. The maximum atomic E-state index is 14.9. The number of aromatic nitrogens is 2. The van der Waals surface area contributed by atoms with Gasteiger partial charge in [0.05, 0.1) is 6.04 Å². The van der Waals surface area contributed by atoms with Crippen LogP contribution in [0.2, 0.25) is 5.02 Å². The van der Waals surface area contributed by atoms with Crippen molar-refractivity contribution in [3.63, 3.8) is 0 Å². The van der Waals surface area contributed by atoms with E-state index in [-0.39, 0.29) is 42.1 Å². The van der Waals surface area contributed by atoms with Gasteiger partial charge in [0.15, 0.2) is 11.6 Å². The van der Waals surface area contributed by atoms with Gasteiger partial charge in [0, 0.05) is 30.3 Å². The first kappa shape index (κ1) is 21.5. The highest BCUT2D eigenvalue weighted by Gasteiger charge is 2.41. The lowest BCUT2D eigenvalue weighted by Gasteiger charge is -2.44. The van der Waals surface area contributed by atoms with Crippen molar-refractivity contribution < 1.29 is 18.0 Å². The molecule has 31 heavy (non-hydrogen) atoms. The molecule has 11 heteroatoms. The Morgan fingerprint density at radius 1 is 1.16 bits per heavy atom. The van der Waals surface area contributed by atoms with E-state index >= 15 is 0 Å². The Labute approximate surface area is 182 Å². The van der Waals surface area contributed by atoms with Crippen LogP contribution in [0, 0.1) is 11.6 Å². The van der Waals surface area contributed by atoms with Crippen LogP contribution in [0.4, 0.5) is 30.5 Å². The summed E-state index contributed by atoms with van der Waals surface area (Å²) < 4.78 is 42.9. The van der Waals surface area contributed by atoms with Crippen molar-refractivity contribution in [3.8, 4) is 0 Å². The Morgan fingerprint density at radius 2 is 1.97 bits per heavy atom. The summed E-state index contributed by atoms with van der Waals surface area (Å²) in [5.41, 5.74) is 5.91. The highest BCUT2D eigenvalue weighted by molar-refractivity contribution is 6.30. The van der Waals surface area contributed by atoms with Gasteiger partial charge in [0.1, 0.15) is 24.4 Å². The number of anilines is 3. The number of hydrogen-bond donors (Lipinski definition) is 2. The van der Waals surface area contributed by atoms with Crippen molar-refractivity contribution in [2.75, 3.05) is 35.6 Å². The average Bonchev–Trinajstić information content (AvgIpc) is 2.72. The molecule has 166 valence electrons. The fraction of sp³-hybridized carbons (Fsp3) is 0.450. The number of carbonyl (C=O) groups excluding carboxylic acids is 1. The smallest absolute Gasteiger partial charge is 0.245 e. The predicted octanol–water partition coefficient (Wildman–Crippen LogP) is 3.01. The van der Waals surface area contributed by atoms with Gasteiger partial charge in [-0.15, -0.1) is 0 Å². The SMILES string of the molecule is Nc1ncnc(N2CCC(F)[C@@H](N3CCCC(Nc4cc(F)cc(Cl)c4)C3=O)C2)c1F. The molecule has 3 heterocycles. The summed E-state index contributed by atoms with van der Waals surface area (Å²) in [5.74, 6) is -1.85. The van der Waals surface area contributed by atoms with Gasteiger partial charge < -0.3 is 20.9 Å². The molecule has 0 bridgehead atoms. The summed E-state index contributed by atoms with van der Waals surface area (Å²) in [5, 5.41) is 3.22.